The number of nitrogens with one attached hydrogen (secondary N) is 1. The van der Waals surface area contributed by atoms with Gasteiger partial charge in [-0.25, -0.2) is 0 Å². The summed E-state index contributed by atoms with van der Waals surface area (Å²) in [5.41, 5.74) is 5.24. The molecule has 5 heteroatoms. The van der Waals surface area contributed by atoms with Crippen molar-refractivity contribution in [2.24, 2.45) is 5.73 Å². The van der Waals surface area contributed by atoms with E-state index in [0.717, 1.165) is 0 Å². The predicted octanol–water partition coefficient (Wildman–Crippen LogP) is -1.61. The molecule has 1 rings (SSSR count). The first-order chi connectivity index (χ1) is 5.20. The Morgan fingerprint density at radius 1 is 1.82 bits per heavy atom. The lowest BCUT2D eigenvalue weighted by atomic mass is 10.2. The van der Waals surface area contributed by atoms with Crippen molar-refractivity contribution in [2.75, 3.05) is 19.8 Å². The molecule has 1 heterocycles. The van der Waals surface area contributed by atoms with Crippen molar-refractivity contribution in [1.82, 2.24) is 5.32 Å². The van der Waals surface area contributed by atoms with Crippen LogP contribution >= 0.6 is 0 Å². The van der Waals surface area contributed by atoms with Gasteiger partial charge in [0.15, 0.2) is 0 Å². The van der Waals surface area contributed by atoms with Crippen LogP contribution < -0.4 is 11.1 Å². The number of ether oxygens (including phenoxy) is 1. The van der Waals surface area contributed by atoms with Crippen LogP contribution in [0, 0.1) is 0 Å². The number of hydrogen-bond donors (Lipinski definition) is 3. The van der Waals surface area contributed by atoms with Crippen molar-refractivity contribution in [3.05, 3.63) is 0 Å². The first-order valence-corrected chi connectivity index (χ1v) is 3.49. The third kappa shape index (κ3) is 2.45. The summed E-state index contributed by atoms with van der Waals surface area (Å²) in [5, 5.41) is 11.4. The van der Waals surface area contributed by atoms with Gasteiger partial charge in [-0.3, -0.25) is 4.79 Å². The maximum Gasteiger partial charge on any atom is 0.321 e. The second kappa shape index (κ2) is 3.66. The molecule has 1 aliphatic heterocycles. The second-order valence-corrected chi connectivity index (χ2v) is 2.59. The zero-order valence-corrected chi connectivity index (χ0v) is 6.12. The molecule has 1 unspecified atom stereocenters. The molecule has 1 atom stereocenters. The molecule has 0 aromatic heterocycles. The predicted molar refractivity (Wildman–Crippen MR) is 38.2 cm³/mol. The maximum atomic E-state index is 10.2. The topological polar surface area (TPSA) is 84.6 Å². The van der Waals surface area contributed by atoms with E-state index in [4.69, 9.17) is 15.6 Å². The van der Waals surface area contributed by atoms with Crippen LogP contribution in [0.5, 0.6) is 0 Å². The largest absolute Gasteiger partial charge is 0.480 e. The minimum absolute atomic E-state index is 0.292. The van der Waals surface area contributed by atoms with E-state index in [9.17, 15) is 4.79 Å². The maximum absolute atomic E-state index is 10.2. The summed E-state index contributed by atoms with van der Waals surface area (Å²) in [7, 11) is 0. The van der Waals surface area contributed by atoms with E-state index in [1.807, 2.05) is 0 Å². The van der Waals surface area contributed by atoms with E-state index in [2.05, 4.69) is 5.32 Å². The van der Waals surface area contributed by atoms with Crippen LogP contribution in [0.4, 0.5) is 0 Å². The Kier molecular flexibility index (Phi) is 2.81. The van der Waals surface area contributed by atoms with E-state index in [0.29, 0.717) is 25.8 Å². The van der Waals surface area contributed by atoms with E-state index in [-0.39, 0.29) is 0 Å². The lowest BCUT2D eigenvalue weighted by molar-refractivity contribution is -0.138. The van der Waals surface area contributed by atoms with E-state index in [1.54, 1.807) is 0 Å². The Hall–Kier alpha value is -0.650. The second-order valence-electron chi connectivity index (χ2n) is 2.59. The Labute approximate surface area is 64.5 Å². The summed E-state index contributed by atoms with van der Waals surface area (Å²) in [6.07, 6.45) is 0. The molecule has 0 bridgehead atoms. The number of nitrogens with two attached hydrogens (primary N) is 1. The highest BCUT2D eigenvalue weighted by Crippen LogP contribution is 1.98. The zero-order valence-electron chi connectivity index (χ0n) is 6.12. The molecule has 0 aromatic rings. The number of carboxylic acids is 1. The summed E-state index contributed by atoms with van der Waals surface area (Å²) in [6.45, 7) is 1.63. The fraction of sp³-hybridized carbons (Fsp3) is 0.833. The Balaban J connectivity index is 2.05. The Bertz CT molecular complexity index is 147. The fourth-order valence-electron chi connectivity index (χ4n) is 0.734. The van der Waals surface area contributed by atoms with Crippen molar-refractivity contribution in [3.8, 4) is 0 Å². The average molecular weight is 160 g/mol. The number of hydrogen-bond acceptors (Lipinski definition) is 4. The molecule has 0 saturated carbocycles. The van der Waals surface area contributed by atoms with Crippen LogP contribution in [0.2, 0.25) is 0 Å². The van der Waals surface area contributed by atoms with Gasteiger partial charge in [0.05, 0.1) is 19.3 Å². The number of aliphatic carboxylic acids is 1. The van der Waals surface area contributed by atoms with Crippen LogP contribution in [0.1, 0.15) is 0 Å². The first kappa shape index (κ1) is 8.45. The van der Waals surface area contributed by atoms with E-state index < -0.39 is 12.0 Å². The Morgan fingerprint density at radius 3 is 2.82 bits per heavy atom. The molecule has 0 aromatic carbocycles. The van der Waals surface area contributed by atoms with Gasteiger partial charge in [0.2, 0.25) is 0 Å². The van der Waals surface area contributed by atoms with Crippen molar-refractivity contribution in [2.45, 2.75) is 12.1 Å². The quantitative estimate of drug-likeness (QED) is 0.460. The molecule has 0 aliphatic carbocycles. The van der Waals surface area contributed by atoms with Gasteiger partial charge in [-0.1, -0.05) is 0 Å². The molecule has 0 spiro atoms. The third-order valence-corrected chi connectivity index (χ3v) is 1.58. The highest BCUT2D eigenvalue weighted by Gasteiger charge is 2.19. The number of carboxylic acid groups (broad SMARTS) is 1. The van der Waals surface area contributed by atoms with Gasteiger partial charge in [-0.05, 0) is 0 Å². The van der Waals surface area contributed by atoms with Crippen molar-refractivity contribution in [1.29, 1.82) is 0 Å². The zero-order chi connectivity index (χ0) is 8.27. The summed E-state index contributed by atoms with van der Waals surface area (Å²) >= 11 is 0. The van der Waals surface area contributed by atoms with Gasteiger partial charge in [0.25, 0.3) is 0 Å². The first-order valence-electron chi connectivity index (χ1n) is 3.49. The van der Waals surface area contributed by atoms with Gasteiger partial charge in [-0.2, -0.15) is 0 Å². The number of carbonyl (C=O) groups is 1. The summed E-state index contributed by atoms with van der Waals surface area (Å²) in [5.74, 6) is -0.974. The third-order valence-electron chi connectivity index (χ3n) is 1.58. The lowest BCUT2D eigenvalue weighted by Crippen LogP contribution is -2.51. The minimum atomic E-state index is -0.974. The summed E-state index contributed by atoms with van der Waals surface area (Å²) < 4.78 is 4.88. The molecule has 1 saturated heterocycles. The standard InChI is InChI=1S/C6H12N2O3/c7-5(6(9)10)1-8-4-2-11-3-4/h4-5,8H,1-3,7H2,(H,9,10). The highest BCUT2D eigenvalue weighted by molar-refractivity contribution is 5.73. The molecular weight excluding hydrogens is 148 g/mol. The van der Waals surface area contributed by atoms with Crippen molar-refractivity contribution in [3.63, 3.8) is 0 Å². The molecule has 4 N–H and O–H groups in total. The van der Waals surface area contributed by atoms with Gasteiger partial charge < -0.3 is 20.9 Å². The molecule has 5 nitrogen and oxygen atoms in total. The molecule has 1 fully saturated rings. The van der Waals surface area contributed by atoms with Gasteiger partial charge in [-0.15, -0.1) is 0 Å². The molecule has 1 aliphatic rings. The Morgan fingerprint density at radius 2 is 2.45 bits per heavy atom. The van der Waals surface area contributed by atoms with Crippen LogP contribution in [0.15, 0.2) is 0 Å². The van der Waals surface area contributed by atoms with Gasteiger partial charge in [0, 0.05) is 6.54 Å². The minimum Gasteiger partial charge on any atom is -0.480 e. The summed E-state index contributed by atoms with van der Waals surface area (Å²) in [6, 6.07) is -0.518. The molecule has 11 heavy (non-hydrogen) atoms. The highest BCUT2D eigenvalue weighted by atomic mass is 16.5. The van der Waals surface area contributed by atoms with Crippen molar-refractivity contribution < 1.29 is 14.6 Å². The van der Waals surface area contributed by atoms with Crippen LogP contribution in [-0.4, -0.2) is 42.9 Å². The number of rotatable bonds is 4. The van der Waals surface area contributed by atoms with Gasteiger partial charge >= 0.3 is 5.97 Å². The van der Waals surface area contributed by atoms with Crippen LogP contribution in [-0.2, 0) is 9.53 Å². The summed E-state index contributed by atoms with van der Waals surface area (Å²) in [4.78, 5) is 10.2. The lowest BCUT2D eigenvalue weighted by Gasteiger charge is -2.27. The normalized spacial score (nSPS) is 20.8. The van der Waals surface area contributed by atoms with Crippen LogP contribution in [0.25, 0.3) is 0 Å². The van der Waals surface area contributed by atoms with Crippen LogP contribution in [0.3, 0.4) is 0 Å². The molecule has 0 amide bonds. The molecule has 64 valence electrons. The van der Waals surface area contributed by atoms with Crippen molar-refractivity contribution >= 4 is 5.97 Å². The smallest absolute Gasteiger partial charge is 0.321 e. The van der Waals surface area contributed by atoms with E-state index in [1.165, 1.54) is 0 Å². The SMILES string of the molecule is NC(CNC1COC1)C(=O)O. The van der Waals surface area contributed by atoms with Gasteiger partial charge in [0.1, 0.15) is 6.04 Å². The molecule has 0 radical (unpaired) electrons. The molecular formula is C6H12N2O3. The van der Waals surface area contributed by atoms with E-state index >= 15 is 0 Å². The fourth-order valence-corrected chi connectivity index (χ4v) is 0.734. The average Bonchev–Trinajstić information content (AvgIpc) is 1.83. The monoisotopic (exact) mass is 160 g/mol.